The number of nitrogens with one attached hydrogen (secondary N) is 1. The zero-order valence-electron chi connectivity index (χ0n) is 19.7. The normalized spacial score (nSPS) is 22.7. The maximum atomic E-state index is 15.6. The molecule has 7 heteroatoms. The Balaban J connectivity index is 1.37. The van der Waals surface area contributed by atoms with Crippen LogP contribution in [0.3, 0.4) is 0 Å². The highest BCUT2D eigenvalue weighted by Gasteiger charge is 2.36. The molecule has 184 valence electrons. The van der Waals surface area contributed by atoms with E-state index in [-0.39, 0.29) is 17.3 Å². The Kier molecular flexibility index (Phi) is 6.80. The predicted molar refractivity (Wildman–Crippen MR) is 131 cm³/mol. The van der Waals surface area contributed by atoms with Gasteiger partial charge in [0.2, 0.25) is 0 Å². The van der Waals surface area contributed by atoms with Crippen molar-refractivity contribution in [2.45, 2.75) is 62.9 Å². The largest absolute Gasteiger partial charge is 0.391 e. The molecule has 2 aliphatic rings. The van der Waals surface area contributed by atoms with Gasteiger partial charge in [-0.15, -0.1) is 0 Å². The summed E-state index contributed by atoms with van der Waals surface area (Å²) in [5.41, 5.74) is 0.433. The minimum atomic E-state index is -1.35. The molecule has 1 aromatic heterocycles. The Morgan fingerprint density at radius 3 is 2.57 bits per heavy atom. The first kappa shape index (κ1) is 23.8. The van der Waals surface area contributed by atoms with Crippen molar-refractivity contribution in [1.29, 1.82) is 0 Å². The maximum Gasteiger partial charge on any atom is 0.270 e. The summed E-state index contributed by atoms with van der Waals surface area (Å²) in [4.78, 5) is 19.5. The fourth-order valence-corrected chi connectivity index (χ4v) is 5.38. The molecular formula is C28H31F2N3O2. The van der Waals surface area contributed by atoms with Crippen LogP contribution in [-0.2, 0) is 12.2 Å². The molecule has 5 nitrogen and oxygen atoms in total. The highest BCUT2D eigenvalue weighted by Crippen LogP contribution is 2.37. The van der Waals surface area contributed by atoms with Gasteiger partial charge in [-0.1, -0.05) is 55.3 Å². The van der Waals surface area contributed by atoms with E-state index in [1.165, 1.54) is 6.07 Å². The zero-order valence-corrected chi connectivity index (χ0v) is 19.7. The van der Waals surface area contributed by atoms with Gasteiger partial charge in [0.15, 0.2) is 0 Å². The summed E-state index contributed by atoms with van der Waals surface area (Å²) in [5, 5.41) is 13.8. The molecule has 5 rings (SSSR count). The van der Waals surface area contributed by atoms with E-state index < -0.39 is 23.5 Å². The number of amides is 1. The van der Waals surface area contributed by atoms with Gasteiger partial charge in [-0.25, -0.2) is 13.8 Å². The maximum absolute atomic E-state index is 15.6. The van der Waals surface area contributed by atoms with E-state index in [0.717, 1.165) is 18.4 Å². The van der Waals surface area contributed by atoms with Crippen molar-refractivity contribution in [3.05, 3.63) is 77.2 Å². The number of carbonyl (C=O) groups excluding carboxylic acids is 1. The zero-order chi connectivity index (χ0) is 24.4. The predicted octanol–water partition coefficient (Wildman–Crippen LogP) is 4.87. The lowest BCUT2D eigenvalue weighted by Crippen LogP contribution is -2.45. The van der Waals surface area contributed by atoms with E-state index in [0.29, 0.717) is 56.3 Å². The number of alkyl halides is 1. The number of aliphatic hydroxyl groups is 1. The van der Waals surface area contributed by atoms with Crippen LogP contribution in [0.25, 0.3) is 10.9 Å². The Bertz CT molecular complexity index is 1200. The molecule has 0 spiro atoms. The Morgan fingerprint density at radius 2 is 1.83 bits per heavy atom. The second-order valence-electron chi connectivity index (χ2n) is 9.84. The lowest BCUT2D eigenvalue weighted by Gasteiger charge is -2.37. The summed E-state index contributed by atoms with van der Waals surface area (Å²) < 4.78 is 30.3. The van der Waals surface area contributed by atoms with Crippen LogP contribution >= 0.6 is 0 Å². The molecule has 1 aliphatic carbocycles. The van der Waals surface area contributed by atoms with Crippen LogP contribution in [0.4, 0.5) is 8.78 Å². The molecule has 1 saturated carbocycles. The molecule has 3 aromatic rings. The molecule has 1 saturated heterocycles. The van der Waals surface area contributed by atoms with E-state index in [9.17, 15) is 14.3 Å². The van der Waals surface area contributed by atoms with Gasteiger partial charge in [0.25, 0.3) is 5.91 Å². The number of halogens is 2. The molecule has 1 aliphatic heterocycles. The lowest BCUT2D eigenvalue weighted by atomic mass is 9.86. The van der Waals surface area contributed by atoms with Crippen molar-refractivity contribution in [3.8, 4) is 0 Å². The fourth-order valence-electron chi connectivity index (χ4n) is 5.38. The summed E-state index contributed by atoms with van der Waals surface area (Å²) in [6.07, 6.45) is 3.43. The molecule has 2 N–H and O–H groups in total. The number of aliphatic hydroxyl groups excluding tert-OH is 1. The Hall–Kier alpha value is -2.90. The first-order chi connectivity index (χ1) is 16.9. The third kappa shape index (κ3) is 5.07. The van der Waals surface area contributed by atoms with E-state index in [2.05, 4.69) is 15.2 Å². The van der Waals surface area contributed by atoms with Crippen LogP contribution in [0.5, 0.6) is 0 Å². The van der Waals surface area contributed by atoms with Crippen molar-refractivity contribution < 1.29 is 18.7 Å². The van der Waals surface area contributed by atoms with Crippen molar-refractivity contribution >= 4 is 16.8 Å². The van der Waals surface area contributed by atoms with Gasteiger partial charge in [-0.3, -0.25) is 9.69 Å². The van der Waals surface area contributed by atoms with E-state index in [1.807, 2.05) is 30.3 Å². The second-order valence-corrected chi connectivity index (χ2v) is 9.84. The summed E-state index contributed by atoms with van der Waals surface area (Å²) in [6.45, 7) is 1.58. The van der Waals surface area contributed by atoms with Gasteiger partial charge in [0, 0.05) is 25.0 Å². The van der Waals surface area contributed by atoms with Crippen LogP contribution in [0, 0.1) is 5.82 Å². The number of carbonyl (C=O) groups is 1. The molecular weight excluding hydrogens is 448 g/mol. The van der Waals surface area contributed by atoms with Gasteiger partial charge in [0.05, 0.1) is 12.1 Å². The number of hydrogen-bond donors (Lipinski definition) is 2. The first-order valence-corrected chi connectivity index (χ1v) is 12.5. The summed E-state index contributed by atoms with van der Waals surface area (Å²) in [7, 11) is 0. The van der Waals surface area contributed by atoms with Gasteiger partial charge < -0.3 is 10.4 Å². The summed E-state index contributed by atoms with van der Waals surface area (Å²) in [5.74, 6) is -0.894. The molecule has 2 aromatic carbocycles. The minimum absolute atomic E-state index is 0.136. The molecule has 2 heterocycles. The van der Waals surface area contributed by atoms with Crippen LogP contribution in [0.15, 0.2) is 54.6 Å². The number of likely N-dealkylation sites (tertiary alicyclic amines) is 1. The van der Waals surface area contributed by atoms with Crippen LogP contribution in [0.2, 0.25) is 0 Å². The second kappa shape index (κ2) is 9.99. The fraction of sp³-hybridized carbons (Fsp3) is 0.429. The minimum Gasteiger partial charge on any atom is -0.391 e. The molecule has 0 radical (unpaired) electrons. The highest BCUT2D eigenvalue weighted by molar-refractivity contribution is 5.96. The van der Waals surface area contributed by atoms with E-state index >= 15 is 4.39 Å². The van der Waals surface area contributed by atoms with Crippen molar-refractivity contribution in [1.82, 2.24) is 15.2 Å². The molecule has 2 atom stereocenters. The smallest absolute Gasteiger partial charge is 0.270 e. The number of pyridine rings is 1. The number of piperidine rings is 1. The van der Waals surface area contributed by atoms with Crippen molar-refractivity contribution in [2.24, 2.45) is 0 Å². The average Bonchev–Trinajstić information content (AvgIpc) is 2.88. The monoisotopic (exact) mass is 479 g/mol. The average molecular weight is 480 g/mol. The van der Waals surface area contributed by atoms with E-state index in [1.54, 1.807) is 18.2 Å². The van der Waals surface area contributed by atoms with Gasteiger partial charge >= 0.3 is 0 Å². The molecule has 35 heavy (non-hydrogen) atoms. The molecule has 2 fully saturated rings. The number of rotatable bonds is 5. The first-order valence-electron chi connectivity index (χ1n) is 12.5. The molecule has 0 unspecified atom stereocenters. The number of fused-ring (bicyclic) bond motifs is 1. The summed E-state index contributed by atoms with van der Waals surface area (Å²) in [6, 6.07) is 15.4. The SMILES string of the molecule is O=C(N[C@H]1CCCC[C@@H]1O)c1cc(CN2CCC(F)(c3ccccc3)CC2)c2cccc(F)c2n1. The van der Waals surface area contributed by atoms with E-state index in [4.69, 9.17) is 0 Å². The van der Waals surface area contributed by atoms with Gasteiger partial charge in [-0.2, -0.15) is 0 Å². The number of nitrogens with zero attached hydrogens (tertiary/aromatic N) is 2. The van der Waals surface area contributed by atoms with Crippen LogP contribution in [0.1, 0.15) is 60.1 Å². The summed E-state index contributed by atoms with van der Waals surface area (Å²) >= 11 is 0. The standard InChI is InChI=1S/C28H31F2N3O2/c29-22-10-6-9-21-19(18-33-15-13-28(30,14-16-33)20-7-2-1-3-8-20)17-24(31-26(21)22)27(35)32-23-11-4-5-12-25(23)34/h1-3,6-10,17,23,25,34H,4-5,11-16,18H2,(H,32,35)/t23-,25-/m0/s1. The third-order valence-corrected chi connectivity index (χ3v) is 7.49. The number of para-hydroxylation sites is 1. The van der Waals surface area contributed by atoms with Gasteiger partial charge in [0.1, 0.15) is 22.7 Å². The van der Waals surface area contributed by atoms with Crippen LogP contribution in [-0.4, -0.2) is 46.1 Å². The topological polar surface area (TPSA) is 65.5 Å². The van der Waals surface area contributed by atoms with Gasteiger partial charge in [-0.05, 0) is 48.9 Å². The quantitative estimate of drug-likeness (QED) is 0.548. The lowest BCUT2D eigenvalue weighted by molar-refractivity contribution is 0.0527. The van der Waals surface area contributed by atoms with Crippen LogP contribution < -0.4 is 5.32 Å². The number of aromatic nitrogens is 1. The Morgan fingerprint density at radius 1 is 1.09 bits per heavy atom. The third-order valence-electron chi connectivity index (χ3n) is 7.49. The molecule has 0 bridgehead atoms. The van der Waals surface area contributed by atoms with Crippen molar-refractivity contribution in [2.75, 3.05) is 13.1 Å². The highest BCUT2D eigenvalue weighted by atomic mass is 19.1. The molecule has 1 amide bonds. The Labute approximate surface area is 204 Å². The number of hydrogen-bond acceptors (Lipinski definition) is 4. The number of benzene rings is 2. The van der Waals surface area contributed by atoms with Crippen molar-refractivity contribution in [3.63, 3.8) is 0 Å².